The van der Waals surface area contributed by atoms with Crippen LogP contribution in [0.1, 0.15) is 5.76 Å². The lowest BCUT2D eigenvalue weighted by Gasteiger charge is -2.06. The number of anilines is 1. The number of hydrogen-bond acceptors (Lipinski definition) is 6. The summed E-state index contributed by atoms with van der Waals surface area (Å²) in [5, 5.41) is 2.75. The maximum absolute atomic E-state index is 12.5. The molecular weight excluding hydrogens is 377 g/mol. The molecule has 0 fully saturated rings. The van der Waals surface area contributed by atoms with Gasteiger partial charge in [-0.25, -0.2) is 0 Å². The van der Waals surface area contributed by atoms with Gasteiger partial charge in [-0.05, 0) is 36.4 Å². The van der Waals surface area contributed by atoms with Crippen molar-refractivity contribution < 1.29 is 35.3 Å². The molecule has 0 saturated heterocycles. The van der Waals surface area contributed by atoms with Gasteiger partial charge in [-0.15, -0.1) is 0 Å². The molecule has 0 unspecified atom stereocenters. The molecule has 3 aromatic rings. The van der Waals surface area contributed by atoms with Crippen LogP contribution in [0.15, 0.2) is 56.5 Å². The zero-order chi connectivity index (χ0) is 18.9. The van der Waals surface area contributed by atoms with Gasteiger partial charge in [-0.3, -0.25) is 4.72 Å². The summed E-state index contributed by atoms with van der Waals surface area (Å²) in [5.41, 5.74) is -0.0206. The highest BCUT2D eigenvalue weighted by Crippen LogP contribution is 2.33. The minimum absolute atomic E-state index is 0.181. The van der Waals surface area contributed by atoms with E-state index in [0.717, 1.165) is 6.07 Å². The van der Waals surface area contributed by atoms with Gasteiger partial charge in [0.2, 0.25) is 10.9 Å². The second-order valence-electron chi connectivity index (χ2n) is 5.03. The molecule has 3 rings (SSSR count). The SMILES string of the molecule is COc1ccc(NS(=O)(=O)c2ccc(-c3cc(C(F)(F)F)on3)o2)cc1. The number of nitrogens with one attached hydrogen (secondary N) is 1. The minimum atomic E-state index is -4.71. The van der Waals surface area contributed by atoms with Crippen LogP contribution >= 0.6 is 0 Å². The highest BCUT2D eigenvalue weighted by Gasteiger charge is 2.36. The van der Waals surface area contributed by atoms with Crippen molar-refractivity contribution in [1.29, 1.82) is 0 Å². The minimum Gasteiger partial charge on any atom is -0.497 e. The molecule has 0 bridgehead atoms. The van der Waals surface area contributed by atoms with Gasteiger partial charge in [0.05, 0.1) is 7.11 Å². The number of nitrogens with zero attached hydrogens (tertiary/aromatic N) is 1. The van der Waals surface area contributed by atoms with Crippen molar-refractivity contribution >= 4 is 15.7 Å². The third kappa shape index (κ3) is 3.67. The number of sulfonamides is 1. The standard InChI is InChI=1S/C15H11F3N2O5S/c1-23-10-4-2-9(3-5-10)20-26(21,22)14-7-6-12(24-14)11-8-13(25-19-11)15(16,17)18/h2-8,20H,1H3. The van der Waals surface area contributed by atoms with Crippen LogP contribution in [0.3, 0.4) is 0 Å². The first kappa shape index (κ1) is 17.9. The maximum atomic E-state index is 12.5. The zero-order valence-corrected chi connectivity index (χ0v) is 13.9. The van der Waals surface area contributed by atoms with E-state index in [-0.39, 0.29) is 17.1 Å². The average molecular weight is 388 g/mol. The normalized spacial score (nSPS) is 12.2. The second kappa shape index (κ2) is 6.41. The molecule has 138 valence electrons. The van der Waals surface area contributed by atoms with Crippen LogP contribution in [0.4, 0.5) is 18.9 Å². The quantitative estimate of drug-likeness (QED) is 0.715. The Kier molecular flexibility index (Phi) is 4.40. The average Bonchev–Trinajstić information content (AvgIpc) is 3.24. The lowest BCUT2D eigenvalue weighted by molar-refractivity contribution is -0.155. The van der Waals surface area contributed by atoms with Gasteiger partial charge in [-0.1, -0.05) is 5.16 Å². The third-order valence-corrected chi connectivity index (χ3v) is 4.48. The van der Waals surface area contributed by atoms with Crippen molar-refractivity contribution in [3.63, 3.8) is 0 Å². The van der Waals surface area contributed by atoms with Crippen molar-refractivity contribution in [2.75, 3.05) is 11.8 Å². The Bertz CT molecular complexity index is 1010. The zero-order valence-electron chi connectivity index (χ0n) is 13.1. The number of aromatic nitrogens is 1. The summed E-state index contributed by atoms with van der Waals surface area (Å²) >= 11 is 0. The molecule has 1 N–H and O–H groups in total. The van der Waals surface area contributed by atoms with Crippen molar-refractivity contribution in [3.8, 4) is 17.2 Å². The smallest absolute Gasteiger partial charge is 0.452 e. The van der Waals surface area contributed by atoms with Gasteiger partial charge in [0.1, 0.15) is 11.4 Å². The Morgan fingerprint density at radius 3 is 2.38 bits per heavy atom. The van der Waals surface area contributed by atoms with Crippen LogP contribution in [0.25, 0.3) is 11.5 Å². The summed E-state index contributed by atoms with van der Waals surface area (Å²) < 4.78 is 78.7. The highest BCUT2D eigenvalue weighted by molar-refractivity contribution is 7.92. The van der Waals surface area contributed by atoms with Crippen LogP contribution in [0.2, 0.25) is 0 Å². The first-order chi connectivity index (χ1) is 12.2. The summed E-state index contributed by atoms with van der Waals surface area (Å²) in [6.07, 6.45) is -4.71. The molecule has 0 amide bonds. The summed E-state index contributed by atoms with van der Waals surface area (Å²) in [7, 11) is -2.61. The van der Waals surface area contributed by atoms with E-state index in [4.69, 9.17) is 9.15 Å². The number of furan rings is 1. The molecule has 0 radical (unpaired) electrons. The summed E-state index contributed by atoms with van der Waals surface area (Å²) in [6, 6.07) is 8.97. The molecule has 11 heteroatoms. The van der Waals surface area contributed by atoms with Gasteiger partial charge >= 0.3 is 6.18 Å². The molecule has 26 heavy (non-hydrogen) atoms. The van der Waals surface area contributed by atoms with Gasteiger partial charge < -0.3 is 13.7 Å². The van der Waals surface area contributed by atoms with E-state index < -0.39 is 27.1 Å². The molecular formula is C15H11F3N2O5S. The molecule has 1 aromatic carbocycles. The van der Waals surface area contributed by atoms with Gasteiger partial charge in [0.25, 0.3) is 10.0 Å². The van der Waals surface area contributed by atoms with Crippen LogP contribution in [-0.4, -0.2) is 20.7 Å². The summed E-state index contributed by atoms with van der Waals surface area (Å²) in [5.74, 6) is -0.955. The maximum Gasteiger partial charge on any atom is 0.452 e. The molecule has 0 aliphatic rings. The lowest BCUT2D eigenvalue weighted by atomic mass is 10.3. The van der Waals surface area contributed by atoms with E-state index in [1.54, 1.807) is 12.1 Å². The number of ether oxygens (including phenoxy) is 1. The highest BCUT2D eigenvalue weighted by atomic mass is 32.2. The molecule has 0 saturated carbocycles. The second-order valence-corrected chi connectivity index (χ2v) is 6.64. The Morgan fingerprint density at radius 2 is 1.81 bits per heavy atom. The van der Waals surface area contributed by atoms with E-state index in [1.807, 2.05) is 0 Å². The first-order valence-electron chi connectivity index (χ1n) is 7.00. The summed E-state index contributed by atoms with van der Waals surface area (Å²) in [6.45, 7) is 0. The predicted molar refractivity (Wildman–Crippen MR) is 83.0 cm³/mol. The van der Waals surface area contributed by atoms with Crippen LogP contribution in [0, 0.1) is 0 Å². The fourth-order valence-electron chi connectivity index (χ4n) is 1.99. The molecule has 0 aliphatic heterocycles. The molecule has 0 atom stereocenters. The fraction of sp³-hybridized carbons (Fsp3) is 0.133. The van der Waals surface area contributed by atoms with E-state index >= 15 is 0 Å². The van der Waals surface area contributed by atoms with Crippen LogP contribution in [0.5, 0.6) is 5.75 Å². The number of hydrogen-bond donors (Lipinski definition) is 1. The molecule has 0 spiro atoms. The third-order valence-electron chi connectivity index (χ3n) is 3.23. The van der Waals surface area contributed by atoms with Gasteiger partial charge in [0, 0.05) is 11.8 Å². The Labute approximate surface area is 145 Å². The first-order valence-corrected chi connectivity index (χ1v) is 8.48. The Morgan fingerprint density at radius 1 is 1.12 bits per heavy atom. The fourth-order valence-corrected chi connectivity index (χ4v) is 2.99. The van der Waals surface area contributed by atoms with E-state index in [1.165, 1.54) is 25.3 Å². The predicted octanol–water partition coefficient (Wildman–Crippen LogP) is 3.76. The van der Waals surface area contributed by atoms with Crippen LogP contribution in [-0.2, 0) is 16.2 Å². The van der Waals surface area contributed by atoms with E-state index in [2.05, 4.69) is 14.4 Å². The van der Waals surface area contributed by atoms with E-state index in [0.29, 0.717) is 11.8 Å². The summed E-state index contributed by atoms with van der Waals surface area (Å²) in [4.78, 5) is 0. The van der Waals surface area contributed by atoms with E-state index in [9.17, 15) is 21.6 Å². The Hall–Kier alpha value is -2.95. The number of rotatable bonds is 5. The number of methoxy groups -OCH3 is 1. The van der Waals surface area contributed by atoms with Crippen molar-refractivity contribution in [1.82, 2.24) is 5.16 Å². The molecule has 0 aliphatic carbocycles. The molecule has 2 heterocycles. The number of alkyl halides is 3. The van der Waals surface area contributed by atoms with Crippen molar-refractivity contribution in [2.24, 2.45) is 0 Å². The number of benzene rings is 1. The topological polar surface area (TPSA) is 94.6 Å². The molecule has 7 nitrogen and oxygen atoms in total. The van der Waals surface area contributed by atoms with Crippen LogP contribution < -0.4 is 9.46 Å². The Balaban J connectivity index is 1.82. The van der Waals surface area contributed by atoms with Gasteiger partial charge in [-0.2, -0.15) is 21.6 Å². The monoisotopic (exact) mass is 388 g/mol. The van der Waals surface area contributed by atoms with Crippen molar-refractivity contribution in [3.05, 3.63) is 48.2 Å². The van der Waals surface area contributed by atoms with Crippen molar-refractivity contribution in [2.45, 2.75) is 11.3 Å². The largest absolute Gasteiger partial charge is 0.497 e. The van der Waals surface area contributed by atoms with Gasteiger partial charge in [0.15, 0.2) is 5.76 Å². The number of halogens is 3. The lowest BCUT2D eigenvalue weighted by Crippen LogP contribution is -2.11. The molecule has 2 aromatic heterocycles.